The van der Waals surface area contributed by atoms with Gasteiger partial charge >= 0.3 is 6.18 Å². The van der Waals surface area contributed by atoms with Gasteiger partial charge in [0.05, 0.1) is 11.0 Å². The average Bonchev–Trinajstić information content (AvgIpc) is 2.40. The number of thiol groups is 1. The average molecular weight is 269 g/mol. The fraction of sp³-hybridized carbons (Fsp3) is 0.222. The summed E-state index contributed by atoms with van der Waals surface area (Å²) in [5.41, 5.74) is 1.81. The van der Waals surface area contributed by atoms with Crippen LogP contribution in [-0.2, 0) is 0 Å². The monoisotopic (exact) mass is 268 g/mol. The Morgan fingerprint density at radius 1 is 1.38 bits per heavy atom. The molecule has 7 heteroatoms. The second kappa shape index (κ2) is 4.97. The number of alkyl halides is 3. The molecule has 0 spiro atoms. The van der Waals surface area contributed by atoms with Crippen molar-refractivity contribution in [3.05, 3.63) is 23.2 Å². The number of imidazole rings is 1. The van der Waals surface area contributed by atoms with Gasteiger partial charge in [0.15, 0.2) is 5.16 Å². The van der Waals surface area contributed by atoms with Gasteiger partial charge in [0, 0.05) is 11.9 Å². The van der Waals surface area contributed by atoms with Crippen LogP contribution in [0.15, 0.2) is 23.4 Å². The van der Waals surface area contributed by atoms with E-state index in [1.807, 2.05) is 12.1 Å². The summed E-state index contributed by atoms with van der Waals surface area (Å²) in [6.07, 6.45) is -4.00. The van der Waals surface area contributed by atoms with Gasteiger partial charge in [-0.15, -0.1) is 12.6 Å². The summed E-state index contributed by atoms with van der Waals surface area (Å²) >= 11 is 9.82. The zero-order valence-electron chi connectivity index (χ0n) is 8.14. The van der Waals surface area contributed by atoms with Crippen LogP contribution in [0, 0.1) is 0 Å². The Balaban J connectivity index is 0.000000221. The lowest BCUT2D eigenvalue weighted by Crippen LogP contribution is -1.95. The van der Waals surface area contributed by atoms with Gasteiger partial charge in [0.2, 0.25) is 0 Å². The van der Waals surface area contributed by atoms with Crippen LogP contribution in [0.5, 0.6) is 0 Å². The van der Waals surface area contributed by atoms with Crippen LogP contribution in [0.3, 0.4) is 0 Å². The van der Waals surface area contributed by atoms with Crippen molar-refractivity contribution in [3.8, 4) is 0 Å². The molecule has 16 heavy (non-hydrogen) atoms. The molecule has 1 N–H and O–H groups in total. The van der Waals surface area contributed by atoms with Gasteiger partial charge in [-0.05, 0) is 18.2 Å². The lowest BCUT2D eigenvalue weighted by atomic mass is 10.3. The smallest absolute Gasteiger partial charge is 0.333 e. The number of benzene rings is 1. The number of fused-ring (bicyclic) bond motifs is 1. The molecule has 0 saturated carbocycles. The molecule has 0 atom stereocenters. The Bertz CT molecular complexity index is 475. The third-order valence-electron chi connectivity index (χ3n) is 1.43. The van der Waals surface area contributed by atoms with Crippen molar-refractivity contribution in [2.45, 2.75) is 18.3 Å². The fourth-order valence-electron chi connectivity index (χ4n) is 0.965. The molecule has 0 aliphatic heterocycles. The molecular formula is C9H8ClF3N2S. The maximum absolute atomic E-state index is 10.4. The molecule has 2 nitrogen and oxygen atoms in total. The molecule has 0 aliphatic rings. The van der Waals surface area contributed by atoms with Crippen molar-refractivity contribution >= 4 is 35.3 Å². The van der Waals surface area contributed by atoms with Gasteiger partial charge in [-0.25, -0.2) is 4.98 Å². The summed E-state index contributed by atoms with van der Waals surface area (Å²) < 4.78 is 31.1. The van der Waals surface area contributed by atoms with E-state index >= 15 is 0 Å². The first-order chi connectivity index (χ1) is 7.25. The van der Waals surface area contributed by atoms with Crippen molar-refractivity contribution in [3.63, 3.8) is 0 Å². The summed E-state index contributed by atoms with van der Waals surface area (Å²) in [6.45, 7) is 0.188. The summed E-state index contributed by atoms with van der Waals surface area (Å²) in [4.78, 5) is 7.08. The first kappa shape index (κ1) is 13.2. The molecule has 1 heterocycles. The Kier molecular flexibility index (Phi) is 4.09. The molecule has 0 unspecified atom stereocenters. The highest BCUT2D eigenvalue weighted by atomic mass is 35.5. The summed E-state index contributed by atoms with van der Waals surface area (Å²) in [6, 6.07) is 5.49. The second-order valence-corrected chi connectivity index (χ2v) is 3.86. The third-order valence-corrected chi connectivity index (χ3v) is 1.88. The lowest BCUT2D eigenvalue weighted by molar-refractivity contribution is -0.110. The maximum Gasteiger partial charge on any atom is 0.386 e. The van der Waals surface area contributed by atoms with Gasteiger partial charge < -0.3 is 4.98 Å². The van der Waals surface area contributed by atoms with Crippen molar-refractivity contribution in [1.82, 2.24) is 9.97 Å². The number of nitrogens with one attached hydrogen (secondary N) is 1. The number of hydrogen-bond acceptors (Lipinski definition) is 2. The van der Waals surface area contributed by atoms with E-state index in [-0.39, 0.29) is 6.92 Å². The van der Waals surface area contributed by atoms with Gasteiger partial charge in [-0.3, -0.25) is 0 Å². The topological polar surface area (TPSA) is 28.7 Å². The van der Waals surface area contributed by atoms with Gasteiger partial charge in [-0.2, -0.15) is 13.2 Å². The Labute approximate surface area is 100 Å². The fourth-order valence-corrected chi connectivity index (χ4v) is 1.36. The Morgan fingerprint density at radius 3 is 2.50 bits per heavy atom. The second-order valence-electron chi connectivity index (χ2n) is 3.00. The standard InChI is InChI=1S/C7H5ClN2S.C2H3F3/c8-4-1-2-5-6(3-4)10-7(11)9-5;1-2(3,4)5/h1-3H,(H2,9,10,11);1H3. The zero-order chi connectivity index (χ0) is 12.3. The van der Waals surface area contributed by atoms with Crippen molar-refractivity contribution in [1.29, 1.82) is 0 Å². The number of aromatic amines is 1. The molecule has 1 aromatic heterocycles. The lowest BCUT2D eigenvalue weighted by Gasteiger charge is -1.88. The van der Waals surface area contributed by atoms with Crippen LogP contribution in [0.1, 0.15) is 6.92 Å². The minimum atomic E-state index is -4.00. The first-order valence-corrected chi connectivity index (χ1v) is 4.99. The van der Waals surface area contributed by atoms with E-state index < -0.39 is 6.18 Å². The first-order valence-electron chi connectivity index (χ1n) is 4.16. The van der Waals surface area contributed by atoms with E-state index in [1.54, 1.807) is 6.07 Å². The predicted octanol–water partition coefficient (Wildman–Crippen LogP) is 4.07. The quantitative estimate of drug-likeness (QED) is 0.693. The molecule has 0 bridgehead atoms. The highest BCUT2D eigenvalue weighted by Gasteiger charge is 2.15. The van der Waals surface area contributed by atoms with Crippen LogP contribution in [-0.4, -0.2) is 16.1 Å². The van der Waals surface area contributed by atoms with E-state index in [2.05, 4.69) is 22.6 Å². The molecule has 2 aromatic rings. The van der Waals surface area contributed by atoms with Crippen LogP contribution < -0.4 is 0 Å². The van der Waals surface area contributed by atoms with Crippen LogP contribution in [0.2, 0.25) is 5.02 Å². The summed E-state index contributed by atoms with van der Waals surface area (Å²) in [5, 5.41) is 1.31. The predicted molar refractivity (Wildman–Crippen MR) is 60.1 cm³/mol. The van der Waals surface area contributed by atoms with E-state index in [0.717, 1.165) is 11.0 Å². The largest absolute Gasteiger partial charge is 0.386 e. The van der Waals surface area contributed by atoms with E-state index in [4.69, 9.17) is 11.6 Å². The van der Waals surface area contributed by atoms with Gasteiger partial charge in [0.25, 0.3) is 0 Å². The van der Waals surface area contributed by atoms with Crippen molar-refractivity contribution in [2.75, 3.05) is 0 Å². The highest BCUT2D eigenvalue weighted by Crippen LogP contribution is 2.17. The molecule has 0 amide bonds. The van der Waals surface area contributed by atoms with Crippen LogP contribution >= 0.6 is 24.2 Å². The number of rotatable bonds is 0. The molecular weight excluding hydrogens is 261 g/mol. The van der Waals surface area contributed by atoms with E-state index in [0.29, 0.717) is 10.2 Å². The molecule has 0 aliphatic carbocycles. The minimum Gasteiger partial charge on any atom is -0.333 e. The van der Waals surface area contributed by atoms with Crippen LogP contribution in [0.25, 0.3) is 11.0 Å². The molecule has 1 aromatic carbocycles. The summed E-state index contributed by atoms with van der Waals surface area (Å²) in [7, 11) is 0. The van der Waals surface area contributed by atoms with Crippen molar-refractivity contribution in [2.24, 2.45) is 0 Å². The molecule has 0 radical (unpaired) electrons. The maximum atomic E-state index is 10.4. The van der Waals surface area contributed by atoms with E-state index in [9.17, 15) is 13.2 Å². The number of H-pyrrole nitrogens is 1. The molecule has 2 rings (SSSR count). The number of halogens is 4. The third kappa shape index (κ3) is 4.76. The highest BCUT2D eigenvalue weighted by molar-refractivity contribution is 7.80. The molecule has 0 fully saturated rings. The Morgan fingerprint density at radius 2 is 1.94 bits per heavy atom. The summed E-state index contributed by atoms with van der Waals surface area (Å²) in [5.74, 6) is 0. The van der Waals surface area contributed by atoms with E-state index in [1.165, 1.54) is 0 Å². The number of nitrogens with zero attached hydrogens (tertiary/aromatic N) is 1. The Hall–Kier alpha value is -0.880. The van der Waals surface area contributed by atoms with Gasteiger partial charge in [0.1, 0.15) is 0 Å². The number of aromatic nitrogens is 2. The van der Waals surface area contributed by atoms with Crippen molar-refractivity contribution < 1.29 is 13.2 Å². The van der Waals surface area contributed by atoms with Crippen LogP contribution in [0.4, 0.5) is 13.2 Å². The molecule has 88 valence electrons. The zero-order valence-corrected chi connectivity index (χ0v) is 9.79. The SMILES string of the molecule is CC(F)(F)F.Sc1nc2cc(Cl)ccc2[nH]1. The molecule has 0 saturated heterocycles. The minimum absolute atomic E-state index is 0.188. The number of hydrogen-bond donors (Lipinski definition) is 2. The normalized spacial score (nSPS) is 11.1. The van der Waals surface area contributed by atoms with Gasteiger partial charge in [-0.1, -0.05) is 11.6 Å².